The van der Waals surface area contributed by atoms with Crippen molar-refractivity contribution in [3.8, 4) is 0 Å². The zero-order valence-corrected chi connectivity index (χ0v) is 12.7. The molecule has 106 valence electrons. The fourth-order valence-electron chi connectivity index (χ4n) is 3.78. The van der Waals surface area contributed by atoms with Crippen LogP contribution in [0.1, 0.15) is 33.1 Å². The number of likely N-dealkylation sites (tertiary alicyclic amines) is 1. The molecule has 1 atom stereocenters. The van der Waals surface area contributed by atoms with Crippen molar-refractivity contribution in [2.24, 2.45) is 23.5 Å². The van der Waals surface area contributed by atoms with Gasteiger partial charge in [-0.25, -0.2) is 0 Å². The summed E-state index contributed by atoms with van der Waals surface area (Å²) in [7, 11) is 4.53. The molecule has 0 aromatic carbocycles. The summed E-state index contributed by atoms with van der Waals surface area (Å²) in [6.07, 6.45) is 3.97. The number of nitrogens with zero attached hydrogens (tertiary/aromatic N) is 2. The van der Waals surface area contributed by atoms with Crippen molar-refractivity contribution in [1.29, 1.82) is 0 Å². The zero-order valence-electron chi connectivity index (χ0n) is 12.7. The van der Waals surface area contributed by atoms with E-state index in [2.05, 4.69) is 37.7 Å². The van der Waals surface area contributed by atoms with E-state index in [1.54, 1.807) is 0 Å². The predicted octanol–water partition coefficient (Wildman–Crippen LogP) is 1.63. The van der Waals surface area contributed by atoms with Gasteiger partial charge >= 0.3 is 0 Å². The van der Waals surface area contributed by atoms with Gasteiger partial charge in [-0.3, -0.25) is 4.90 Å². The van der Waals surface area contributed by atoms with Gasteiger partial charge < -0.3 is 10.6 Å². The van der Waals surface area contributed by atoms with E-state index in [-0.39, 0.29) is 0 Å². The average molecular weight is 253 g/mol. The lowest BCUT2D eigenvalue weighted by Crippen LogP contribution is -2.62. The van der Waals surface area contributed by atoms with Crippen molar-refractivity contribution in [1.82, 2.24) is 9.80 Å². The second-order valence-electron chi connectivity index (χ2n) is 7.14. The summed E-state index contributed by atoms with van der Waals surface area (Å²) in [5, 5.41) is 0. The highest BCUT2D eigenvalue weighted by Gasteiger charge is 2.47. The van der Waals surface area contributed by atoms with Gasteiger partial charge in [0.1, 0.15) is 0 Å². The lowest BCUT2D eigenvalue weighted by molar-refractivity contribution is -0.0263. The Morgan fingerprint density at radius 2 is 2.06 bits per heavy atom. The largest absolute Gasteiger partial charge is 0.329 e. The quantitative estimate of drug-likeness (QED) is 0.808. The van der Waals surface area contributed by atoms with E-state index in [0.717, 1.165) is 24.3 Å². The van der Waals surface area contributed by atoms with Crippen LogP contribution in [0, 0.1) is 17.8 Å². The summed E-state index contributed by atoms with van der Waals surface area (Å²) < 4.78 is 0. The molecule has 0 bridgehead atoms. The Kier molecular flexibility index (Phi) is 4.35. The summed E-state index contributed by atoms with van der Waals surface area (Å²) in [6, 6.07) is 0. The van der Waals surface area contributed by atoms with Crippen LogP contribution in [-0.2, 0) is 0 Å². The first kappa shape index (κ1) is 14.3. The minimum Gasteiger partial charge on any atom is -0.329 e. The van der Waals surface area contributed by atoms with E-state index < -0.39 is 0 Å². The first-order valence-corrected chi connectivity index (χ1v) is 7.56. The normalized spacial score (nSPS) is 37.5. The highest BCUT2D eigenvalue weighted by Crippen LogP contribution is 2.45. The first-order chi connectivity index (χ1) is 8.47. The molecule has 2 N–H and O–H groups in total. The number of likely N-dealkylation sites (N-methyl/N-ethyl adjacent to an activating group) is 1. The SMILES string of the molecule is CC(C)C1CC(CN)(N(C)CC2CCN(C)C2)C1. The Balaban J connectivity index is 1.85. The first-order valence-electron chi connectivity index (χ1n) is 7.56. The van der Waals surface area contributed by atoms with Crippen LogP contribution in [0.25, 0.3) is 0 Å². The van der Waals surface area contributed by atoms with Crippen LogP contribution in [-0.4, -0.2) is 55.6 Å². The molecule has 18 heavy (non-hydrogen) atoms. The van der Waals surface area contributed by atoms with E-state index in [4.69, 9.17) is 5.73 Å². The Bertz CT molecular complexity index is 271. The molecule has 0 aromatic heterocycles. The maximum atomic E-state index is 6.08. The van der Waals surface area contributed by atoms with E-state index >= 15 is 0 Å². The molecule has 1 saturated heterocycles. The Labute approximate surface area is 113 Å². The van der Waals surface area contributed by atoms with Gasteiger partial charge in [-0.05, 0) is 57.7 Å². The minimum atomic E-state index is 0.316. The third-order valence-electron chi connectivity index (χ3n) is 5.44. The van der Waals surface area contributed by atoms with E-state index in [1.165, 1.54) is 38.9 Å². The third-order valence-corrected chi connectivity index (χ3v) is 5.44. The fourth-order valence-corrected chi connectivity index (χ4v) is 3.78. The maximum absolute atomic E-state index is 6.08. The summed E-state index contributed by atoms with van der Waals surface area (Å²) in [4.78, 5) is 5.03. The molecule has 1 heterocycles. The van der Waals surface area contributed by atoms with E-state index in [1.807, 2.05) is 0 Å². The predicted molar refractivity (Wildman–Crippen MR) is 77.6 cm³/mol. The molecule has 0 radical (unpaired) electrons. The van der Waals surface area contributed by atoms with Crippen molar-refractivity contribution in [3.63, 3.8) is 0 Å². The number of hydrogen-bond acceptors (Lipinski definition) is 3. The number of nitrogens with two attached hydrogens (primary N) is 1. The lowest BCUT2D eigenvalue weighted by atomic mass is 9.63. The van der Waals surface area contributed by atoms with Crippen molar-refractivity contribution in [3.05, 3.63) is 0 Å². The van der Waals surface area contributed by atoms with Gasteiger partial charge in [0.25, 0.3) is 0 Å². The summed E-state index contributed by atoms with van der Waals surface area (Å²) in [5.41, 5.74) is 6.40. The molecule has 0 aromatic rings. The zero-order chi connectivity index (χ0) is 13.3. The number of hydrogen-bond donors (Lipinski definition) is 1. The van der Waals surface area contributed by atoms with Crippen LogP contribution in [0.15, 0.2) is 0 Å². The second kappa shape index (κ2) is 5.48. The highest BCUT2D eigenvalue weighted by atomic mass is 15.2. The van der Waals surface area contributed by atoms with E-state index in [0.29, 0.717) is 5.54 Å². The highest BCUT2D eigenvalue weighted by molar-refractivity contribution is 5.03. The third kappa shape index (κ3) is 2.73. The molecule has 1 aliphatic carbocycles. The smallest absolute Gasteiger partial charge is 0.0334 e. The maximum Gasteiger partial charge on any atom is 0.0334 e. The molecule has 2 rings (SSSR count). The van der Waals surface area contributed by atoms with Crippen LogP contribution in [0.5, 0.6) is 0 Å². The van der Waals surface area contributed by atoms with Crippen LogP contribution in [0.2, 0.25) is 0 Å². The number of rotatable bonds is 5. The van der Waals surface area contributed by atoms with Crippen LogP contribution >= 0.6 is 0 Å². The lowest BCUT2D eigenvalue weighted by Gasteiger charge is -2.54. The average Bonchev–Trinajstić information content (AvgIpc) is 2.62. The van der Waals surface area contributed by atoms with Gasteiger partial charge in [0.15, 0.2) is 0 Å². The van der Waals surface area contributed by atoms with Crippen molar-refractivity contribution in [2.75, 3.05) is 40.3 Å². The molecule has 1 unspecified atom stereocenters. The molecular weight excluding hydrogens is 222 g/mol. The van der Waals surface area contributed by atoms with Crippen LogP contribution < -0.4 is 5.73 Å². The molecule has 2 aliphatic rings. The fraction of sp³-hybridized carbons (Fsp3) is 1.00. The molecule has 0 spiro atoms. The topological polar surface area (TPSA) is 32.5 Å². The van der Waals surface area contributed by atoms with Crippen LogP contribution in [0.3, 0.4) is 0 Å². The summed E-state index contributed by atoms with van der Waals surface area (Å²) in [5.74, 6) is 2.56. The minimum absolute atomic E-state index is 0.316. The summed E-state index contributed by atoms with van der Waals surface area (Å²) >= 11 is 0. The van der Waals surface area contributed by atoms with Crippen molar-refractivity contribution >= 4 is 0 Å². The van der Waals surface area contributed by atoms with Gasteiger partial charge in [-0.15, -0.1) is 0 Å². The Morgan fingerprint density at radius 3 is 2.50 bits per heavy atom. The molecule has 0 amide bonds. The van der Waals surface area contributed by atoms with E-state index in [9.17, 15) is 0 Å². The van der Waals surface area contributed by atoms with Gasteiger partial charge in [0, 0.05) is 25.2 Å². The standard InChI is InChI=1S/C15H31N3/c1-12(2)14-7-15(8-14,11-16)18(4)10-13-5-6-17(3)9-13/h12-14H,5-11,16H2,1-4H3. The van der Waals surface area contributed by atoms with Gasteiger partial charge in [-0.2, -0.15) is 0 Å². The molecular formula is C15H31N3. The van der Waals surface area contributed by atoms with Gasteiger partial charge in [0.2, 0.25) is 0 Å². The Hall–Kier alpha value is -0.120. The van der Waals surface area contributed by atoms with Gasteiger partial charge in [-0.1, -0.05) is 13.8 Å². The molecule has 1 saturated carbocycles. The Morgan fingerprint density at radius 1 is 1.39 bits per heavy atom. The van der Waals surface area contributed by atoms with Gasteiger partial charge in [0.05, 0.1) is 0 Å². The molecule has 1 aliphatic heterocycles. The van der Waals surface area contributed by atoms with Crippen molar-refractivity contribution < 1.29 is 0 Å². The monoisotopic (exact) mass is 253 g/mol. The molecule has 2 fully saturated rings. The molecule has 3 nitrogen and oxygen atoms in total. The van der Waals surface area contributed by atoms with Crippen LogP contribution in [0.4, 0.5) is 0 Å². The second-order valence-corrected chi connectivity index (χ2v) is 7.14. The molecule has 3 heteroatoms. The summed E-state index contributed by atoms with van der Waals surface area (Å²) in [6.45, 7) is 9.27. The van der Waals surface area contributed by atoms with Crippen molar-refractivity contribution in [2.45, 2.75) is 38.6 Å².